The Balaban J connectivity index is 0.725. The van der Waals surface area contributed by atoms with E-state index < -0.39 is 11.2 Å². The van der Waals surface area contributed by atoms with E-state index in [9.17, 15) is 15.8 Å². The quantitative estimate of drug-likeness (QED) is 0.0580. The summed E-state index contributed by atoms with van der Waals surface area (Å²) in [5.41, 5.74) is 12.0. The van der Waals surface area contributed by atoms with Crippen LogP contribution in [-0.4, -0.2) is 163 Å². The van der Waals surface area contributed by atoms with Crippen LogP contribution >= 0.6 is 35.3 Å². The second-order valence-corrected chi connectivity index (χ2v) is 28.9. The van der Waals surface area contributed by atoms with Crippen molar-refractivity contribution in [3.8, 4) is 18.2 Å². The molecule has 476 valence electrons. The third-order valence-corrected chi connectivity index (χ3v) is 21.3. The number of hydrogen-bond donors (Lipinski definition) is 0. The van der Waals surface area contributed by atoms with Crippen molar-refractivity contribution in [2.75, 3.05) is 131 Å². The summed E-state index contributed by atoms with van der Waals surface area (Å²) in [4.78, 5) is 34.7. The maximum atomic E-state index is 11.1. The van der Waals surface area contributed by atoms with Gasteiger partial charge >= 0.3 is 0 Å². The van der Waals surface area contributed by atoms with Crippen molar-refractivity contribution in [1.82, 2.24) is 29.8 Å². The minimum absolute atomic E-state index is 0.342. The molecule has 0 aliphatic carbocycles. The van der Waals surface area contributed by atoms with Gasteiger partial charge in [-0.05, 0) is 98.0 Å². The zero-order valence-electron chi connectivity index (χ0n) is 53.2. The highest BCUT2D eigenvalue weighted by Gasteiger charge is 2.40. The average molecular weight is 1280 g/mol. The Hall–Kier alpha value is -6.39. The van der Waals surface area contributed by atoms with E-state index in [-0.39, 0.29) is 5.60 Å². The lowest BCUT2D eigenvalue weighted by Crippen LogP contribution is -2.48. The topological polar surface area (TPSA) is 204 Å². The first-order valence-electron chi connectivity index (χ1n) is 32.0. The summed E-state index contributed by atoms with van der Waals surface area (Å²) < 4.78 is 36.9. The number of benzene rings is 1. The van der Waals surface area contributed by atoms with Gasteiger partial charge in [-0.15, -0.1) is 35.3 Å². The number of anilines is 3. The lowest BCUT2D eigenvalue weighted by molar-refractivity contribution is -0.0539. The van der Waals surface area contributed by atoms with Crippen LogP contribution in [0.2, 0.25) is 0 Å². The van der Waals surface area contributed by atoms with Gasteiger partial charge < -0.3 is 43.1 Å². The number of pyridine rings is 5. The van der Waals surface area contributed by atoms with E-state index in [2.05, 4.69) is 108 Å². The molecule has 0 N–H and O–H groups in total. The molecule has 3 fully saturated rings. The van der Waals surface area contributed by atoms with Crippen LogP contribution in [0.25, 0.3) is 0 Å². The van der Waals surface area contributed by atoms with E-state index in [1.54, 1.807) is 42.4 Å². The lowest BCUT2D eigenvalue weighted by Gasteiger charge is -2.40. The predicted octanol–water partition coefficient (Wildman–Crippen LogP) is 9.72. The van der Waals surface area contributed by atoms with Crippen molar-refractivity contribution in [2.24, 2.45) is 0 Å². The maximum absolute atomic E-state index is 11.1. The number of fused-ring (bicyclic) bond motifs is 3. The molecule has 0 amide bonds. The number of piperazine rings is 1. The first kappa shape index (κ1) is 64.7. The van der Waals surface area contributed by atoms with Gasteiger partial charge in [0.25, 0.3) is 0 Å². The van der Waals surface area contributed by atoms with Crippen LogP contribution in [0.1, 0.15) is 106 Å². The van der Waals surface area contributed by atoms with Gasteiger partial charge in [0, 0.05) is 156 Å². The Morgan fingerprint density at radius 2 is 1.01 bits per heavy atom. The minimum atomic E-state index is -0.605. The van der Waals surface area contributed by atoms with Crippen LogP contribution in [0.3, 0.4) is 0 Å². The lowest BCUT2D eigenvalue weighted by atomic mass is 9.84. The molecule has 18 nitrogen and oxygen atoms in total. The average Bonchev–Trinajstić information content (AvgIpc) is 0.801. The van der Waals surface area contributed by atoms with Gasteiger partial charge in [-0.2, -0.15) is 15.8 Å². The van der Waals surface area contributed by atoms with E-state index >= 15 is 0 Å². The van der Waals surface area contributed by atoms with Crippen LogP contribution in [0.15, 0.2) is 82.2 Å². The zero-order chi connectivity index (χ0) is 63.0. The molecule has 0 saturated carbocycles. The van der Waals surface area contributed by atoms with Crippen LogP contribution < -0.4 is 14.7 Å². The number of aromatic nitrogens is 5. The highest BCUT2D eigenvalue weighted by atomic mass is 32.2. The number of thioether (sulfide) groups is 3. The molecule has 1 aromatic carbocycles. The van der Waals surface area contributed by atoms with E-state index in [1.807, 2.05) is 24.7 Å². The van der Waals surface area contributed by atoms with Crippen LogP contribution in [-0.2, 0) is 99.6 Å². The van der Waals surface area contributed by atoms with Crippen LogP contribution in [0.5, 0.6) is 0 Å². The van der Waals surface area contributed by atoms with Gasteiger partial charge in [0.2, 0.25) is 0 Å². The highest BCUT2D eigenvalue weighted by molar-refractivity contribution is 7.99. The number of methoxy groups -OCH3 is 1. The van der Waals surface area contributed by atoms with Gasteiger partial charge in [-0.25, -0.2) is 15.0 Å². The summed E-state index contributed by atoms with van der Waals surface area (Å²) in [5.74, 6) is 4.93. The summed E-state index contributed by atoms with van der Waals surface area (Å²) in [7, 11) is 1.75. The second kappa shape index (κ2) is 29.3. The summed E-state index contributed by atoms with van der Waals surface area (Å²) in [6.45, 7) is 20.2. The fourth-order valence-corrected chi connectivity index (χ4v) is 16.5. The summed E-state index contributed by atoms with van der Waals surface area (Å²) in [6, 6.07) is 24.8. The predicted molar refractivity (Wildman–Crippen MR) is 355 cm³/mol. The molecule has 6 aliphatic rings. The number of aryl methyl sites for hydroxylation is 3. The molecular formula is C70H82N12O6S3. The summed E-state index contributed by atoms with van der Waals surface area (Å²) in [5, 5.41) is 34.9. The highest BCUT2D eigenvalue weighted by Crippen LogP contribution is 2.44. The van der Waals surface area contributed by atoms with Gasteiger partial charge in [-0.1, -0.05) is 36.4 Å². The number of hydrogen-bond acceptors (Lipinski definition) is 21. The molecule has 11 heterocycles. The molecule has 0 spiro atoms. The Labute approximate surface area is 548 Å². The van der Waals surface area contributed by atoms with Gasteiger partial charge in [0.15, 0.2) is 0 Å². The van der Waals surface area contributed by atoms with E-state index in [1.165, 1.54) is 5.56 Å². The number of nitriles is 3. The molecule has 2 unspecified atom stereocenters. The molecule has 12 rings (SSSR count). The monoisotopic (exact) mass is 1280 g/mol. The Bertz CT molecular complexity index is 3710. The maximum Gasteiger partial charge on any atom is 0.135 e. The van der Waals surface area contributed by atoms with Gasteiger partial charge in [0.1, 0.15) is 50.7 Å². The van der Waals surface area contributed by atoms with Crippen molar-refractivity contribution in [3.63, 3.8) is 0 Å². The smallest absolute Gasteiger partial charge is 0.135 e. The van der Waals surface area contributed by atoms with Crippen molar-refractivity contribution in [3.05, 3.63) is 145 Å². The molecule has 6 aliphatic heterocycles. The van der Waals surface area contributed by atoms with E-state index in [0.717, 1.165) is 146 Å². The zero-order valence-corrected chi connectivity index (χ0v) is 55.6. The van der Waals surface area contributed by atoms with Crippen molar-refractivity contribution < 1.29 is 28.4 Å². The molecule has 2 atom stereocenters. The van der Waals surface area contributed by atoms with Crippen LogP contribution in [0, 0.1) is 34.0 Å². The third kappa shape index (κ3) is 15.3. The van der Waals surface area contributed by atoms with Gasteiger partial charge in [-0.3, -0.25) is 14.9 Å². The number of nitrogens with zero attached hydrogens (tertiary/aromatic N) is 12. The van der Waals surface area contributed by atoms with Crippen molar-refractivity contribution in [1.29, 1.82) is 15.8 Å². The third-order valence-electron chi connectivity index (χ3n) is 18.3. The minimum Gasteiger partial charge on any atom is -0.383 e. The van der Waals surface area contributed by atoms with Crippen molar-refractivity contribution in [2.45, 2.75) is 131 Å². The molecule has 91 heavy (non-hydrogen) atoms. The van der Waals surface area contributed by atoms with E-state index in [4.69, 9.17) is 53.3 Å². The molecule has 0 radical (unpaired) electrons. The fourth-order valence-electron chi connectivity index (χ4n) is 13.5. The Morgan fingerprint density at radius 1 is 0.527 bits per heavy atom. The number of morpholine rings is 2. The van der Waals surface area contributed by atoms with Crippen molar-refractivity contribution >= 4 is 52.7 Å². The van der Waals surface area contributed by atoms with Gasteiger partial charge in [0.05, 0.1) is 86.3 Å². The Kier molecular flexibility index (Phi) is 20.8. The second-order valence-electron chi connectivity index (χ2n) is 25.6. The largest absolute Gasteiger partial charge is 0.383 e. The summed E-state index contributed by atoms with van der Waals surface area (Å²) in [6.07, 6.45) is 11.1. The molecular weight excluding hydrogens is 1200 g/mol. The first-order valence-corrected chi connectivity index (χ1v) is 35.0. The normalized spacial score (nSPS) is 20.7. The summed E-state index contributed by atoms with van der Waals surface area (Å²) >= 11 is 4.92. The fraction of sp³-hybridized carbons (Fsp3) is 0.514. The molecule has 3 saturated heterocycles. The number of rotatable bonds is 22. The first-order chi connectivity index (χ1) is 44.3. The van der Waals surface area contributed by atoms with E-state index in [0.29, 0.717) is 139 Å². The SMILES string of the molecule is COCCN1CCN(c2nc(SCCc3ccccc3)c(C#N)c3c2COC(C)(Cc2cncc(CCSc4nc(N5CCOCC5)c5c(c4C#N)CC(C)(Cc4ccnc(CCSc6nc(N7CCOCC7)c7c(c6C#N)CC(C)(C)OC7)c4)OC5)c2)C3)CC1. The standard InChI is InChI=1S/C70H82N12O6S3/c1-68(2)37-53-56(40-71)65(77-63(59(53)45-86-68)81-21-26-84-27-22-81)91-32-14-52-34-49(11-15-75-52)35-69(3)38-54-57(41-72)67(78-64(61(54)47-87-69)82-23-28-85-29-24-82)90-31-13-50-33-51(44-74-43-50)36-70(4)39-55-58(42-73)66(89-30-12-48-9-7-6-8-10-48)76-62(60(55)46-88-70)80-18-16-79(17-19-80)20-25-83-5/h6-11,15,33-34,43-44H,12-14,16-32,35-39,45-47H2,1-5H3. The molecule has 6 aromatic rings. The Morgan fingerprint density at radius 3 is 1.55 bits per heavy atom. The molecule has 0 bridgehead atoms. The number of ether oxygens (including phenoxy) is 6. The molecule has 21 heteroatoms. The van der Waals surface area contributed by atoms with Crippen LogP contribution in [0.4, 0.5) is 17.5 Å². The molecule has 5 aromatic heterocycles.